The number of unbranched alkanes of at least 4 members (excludes halogenated alkanes) is 9. The maximum absolute atomic E-state index is 11.9. The predicted molar refractivity (Wildman–Crippen MR) is 115 cm³/mol. The first-order valence-electron chi connectivity index (χ1n) is 11.0. The van der Waals surface area contributed by atoms with E-state index >= 15 is 0 Å². The van der Waals surface area contributed by atoms with Gasteiger partial charge in [-0.25, -0.2) is 0 Å². The Morgan fingerprint density at radius 1 is 0.778 bits per heavy atom. The molecule has 0 radical (unpaired) electrons. The Hall–Kier alpha value is -1.64. The Balaban J connectivity index is 1.94. The molecule has 0 unspecified atom stereocenters. The molecule has 152 valence electrons. The third kappa shape index (κ3) is 13.2. The quantitative estimate of drug-likeness (QED) is 0.318. The highest BCUT2D eigenvalue weighted by molar-refractivity contribution is 5.91. The zero-order chi connectivity index (χ0) is 19.7. The van der Waals surface area contributed by atoms with E-state index in [0.717, 1.165) is 24.1 Å². The average molecular weight is 374 g/mol. The van der Waals surface area contributed by atoms with Gasteiger partial charge in [0.2, 0.25) is 5.91 Å². The highest BCUT2D eigenvalue weighted by Gasteiger charge is 2.06. The Labute approximate surface area is 166 Å². The zero-order valence-corrected chi connectivity index (χ0v) is 17.5. The third-order valence-electron chi connectivity index (χ3n) is 4.97. The molecule has 1 rings (SSSR count). The summed E-state index contributed by atoms with van der Waals surface area (Å²) in [5.74, 6) is 0.297. The van der Waals surface area contributed by atoms with Gasteiger partial charge in [0.05, 0.1) is 0 Å². The molecule has 1 aromatic rings. The summed E-state index contributed by atoms with van der Waals surface area (Å²) in [7, 11) is 0. The summed E-state index contributed by atoms with van der Waals surface area (Å²) >= 11 is 0. The van der Waals surface area contributed by atoms with Gasteiger partial charge < -0.3 is 5.32 Å². The van der Waals surface area contributed by atoms with Crippen LogP contribution in [0.5, 0.6) is 0 Å². The lowest BCUT2D eigenvalue weighted by Crippen LogP contribution is -2.12. The van der Waals surface area contributed by atoms with Gasteiger partial charge >= 0.3 is 0 Å². The van der Waals surface area contributed by atoms with Crippen LogP contribution in [0.15, 0.2) is 24.3 Å². The molecule has 0 fully saturated rings. The SMILES string of the molecule is CCCCCCCCCCCCC(=O)CCCC(=O)Nc1cccc(C)c1. The van der Waals surface area contributed by atoms with Crippen molar-refractivity contribution < 1.29 is 9.59 Å². The van der Waals surface area contributed by atoms with E-state index in [9.17, 15) is 9.59 Å². The summed E-state index contributed by atoms with van der Waals surface area (Å²) in [4.78, 5) is 23.9. The lowest BCUT2D eigenvalue weighted by Gasteiger charge is -2.06. The average Bonchev–Trinajstić information content (AvgIpc) is 2.63. The second-order valence-electron chi connectivity index (χ2n) is 7.74. The van der Waals surface area contributed by atoms with Crippen LogP contribution in [0.4, 0.5) is 5.69 Å². The maximum atomic E-state index is 11.9. The molecule has 0 bridgehead atoms. The van der Waals surface area contributed by atoms with E-state index in [2.05, 4.69) is 12.2 Å². The number of nitrogens with one attached hydrogen (secondary N) is 1. The van der Waals surface area contributed by atoms with Crippen molar-refractivity contribution >= 4 is 17.4 Å². The van der Waals surface area contributed by atoms with Crippen LogP contribution in [0.1, 0.15) is 102 Å². The van der Waals surface area contributed by atoms with Crippen LogP contribution in [-0.4, -0.2) is 11.7 Å². The van der Waals surface area contributed by atoms with E-state index in [0.29, 0.717) is 31.5 Å². The van der Waals surface area contributed by atoms with E-state index in [-0.39, 0.29) is 5.91 Å². The molecule has 1 aromatic carbocycles. The molecular weight excluding hydrogens is 334 g/mol. The molecule has 1 amide bonds. The summed E-state index contributed by atoms with van der Waals surface area (Å²) in [5, 5.41) is 2.89. The molecule has 0 aromatic heterocycles. The van der Waals surface area contributed by atoms with Crippen molar-refractivity contribution in [1.29, 1.82) is 0 Å². The van der Waals surface area contributed by atoms with E-state index in [4.69, 9.17) is 0 Å². The largest absolute Gasteiger partial charge is 0.326 e. The van der Waals surface area contributed by atoms with E-state index in [1.165, 1.54) is 51.4 Å². The molecule has 3 heteroatoms. The van der Waals surface area contributed by atoms with Gasteiger partial charge in [-0.15, -0.1) is 0 Å². The number of benzene rings is 1. The van der Waals surface area contributed by atoms with Crippen LogP contribution in [-0.2, 0) is 9.59 Å². The zero-order valence-electron chi connectivity index (χ0n) is 17.5. The lowest BCUT2D eigenvalue weighted by atomic mass is 10.0. The molecular formula is C24H39NO2. The molecule has 0 heterocycles. The van der Waals surface area contributed by atoms with E-state index < -0.39 is 0 Å². The predicted octanol–water partition coefficient (Wildman–Crippen LogP) is 6.98. The van der Waals surface area contributed by atoms with Crippen LogP contribution >= 0.6 is 0 Å². The first-order valence-corrected chi connectivity index (χ1v) is 11.0. The molecule has 0 spiro atoms. The fraction of sp³-hybridized carbons (Fsp3) is 0.667. The van der Waals surface area contributed by atoms with Crippen LogP contribution < -0.4 is 5.32 Å². The first-order chi connectivity index (χ1) is 13.1. The number of ketones is 1. The number of aryl methyl sites for hydroxylation is 1. The van der Waals surface area contributed by atoms with Crippen molar-refractivity contribution in [2.75, 3.05) is 5.32 Å². The molecule has 0 saturated heterocycles. The number of hydrogen-bond acceptors (Lipinski definition) is 2. The molecule has 27 heavy (non-hydrogen) atoms. The Morgan fingerprint density at radius 3 is 2.00 bits per heavy atom. The summed E-state index contributed by atoms with van der Waals surface area (Å²) < 4.78 is 0. The summed E-state index contributed by atoms with van der Waals surface area (Å²) in [5.41, 5.74) is 1.95. The van der Waals surface area contributed by atoms with Gasteiger partial charge in [-0.1, -0.05) is 76.8 Å². The number of anilines is 1. The minimum Gasteiger partial charge on any atom is -0.326 e. The van der Waals surface area contributed by atoms with Crippen LogP contribution in [0, 0.1) is 6.92 Å². The van der Waals surface area contributed by atoms with Crippen molar-refractivity contribution in [3.63, 3.8) is 0 Å². The molecule has 0 aliphatic heterocycles. The molecule has 0 aliphatic rings. The van der Waals surface area contributed by atoms with Crippen molar-refractivity contribution in [3.05, 3.63) is 29.8 Å². The number of hydrogen-bond donors (Lipinski definition) is 1. The topological polar surface area (TPSA) is 46.2 Å². The van der Waals surface area contributed by atoms with Crippen LogP contribution in [0.2, 0.25) is 0 Å². The number of rotatable bonds is 16. The molecule has 0 saturated carbocycles. The Kier molecular flexibility index (Phi) is 13.4. The van der Waals surface area contributed by atoms with Crippen LogP contribution in [0.3, 0.4) is 0 Å². The minimum absolute atomic E-state index is 0.00710. The lowest BCUT2D eigenvalue weighted by molar-refractivity contribution is -0.119. The second kappa shape index (κ2) is 15.4. The normalized spacial score (nSPS) is 10.7. The van der Waals surface area contributed by atoms with Gasteiger partial charge in [0.15, 0.2) is 0 Å². The standard InChI is InChI=1S/C24H39NO2/c1-3-4-5-6-7-8-9-10-11-12-17-23(26)18-14-19-24(27)25-22-16-13-15-21(2)20-22/h13,15-16,20H,3-12,14,17-19H2,1-2H3,(H,25,27). The monoisotopic (exact) mass is 373 g/mol. The smallest absolute Gasteiger partial charge is 0.224 e. The third-order valence-corrected chi connectivity index (χ3v) is 4.97. The summed E-state index contributed by atoms with van der Waals surface area (Å²) in [6.45, 7) is 4.25. The number of amides is 1. The first kappa shape index (κ1) is 23.4. The van der Waals surface area contributed by atoms with E-state index in [1.54, 1.807) is 0 Å². The Morgan fingerprint density at radius 2 is 1.37 bits per heavy atom. The highest BCUT2D eigenvalue weighted by Crippen LogP contribution is 2.13. The van der Waals surface area contributed by atoms with E-state index in [1.807, 2.05) is 31.2 Å². The van der Waals surface area contributed by atoms with Gasteiger partial charge in [-0.3, -0.25) is 9.59 Å². The number of carbonyl (C=O) groups is 2. The maximum Gasteiger partial charge on any atom is 0.224 e. The summed E-state index contributed by atoms with van der Waals surface area (Å²) in [6, 6.07) is 7.78. The molecule has 3 nitrogen and oxygen atoms in total. The number of Topliss-reactive ketones (excluding diaryl/α,β-unsaturated/α-hetero) is 1. The fourth-order valence-corrected chi connectivity index (χ4v) is 3.33. The van der Waals surface area contributed by atoms with Crippen molar-refractivity contribution in [2.24, 2.45) is 0 Å². The van der Waals surface area contributed by atoms with Gasteiger partial charge in [-0.2, -0.15) is 0 Å². The van der Waals surface area contributed by atoms with Gasteiger partial charge in [-0.05, 0) is 37.5 Å². The molecule has 0 atom stereocenters. The fourth-order valence-electron chi connectivity index (χ4n) is 3.33. The molecule has 0 aliphatic carbocycles. The van der Waals surface area contributed by atoms with Crippen molar-refractivity contribution in [3.8, 4) is 0 Å². The van der Waals surface area contributed by atoms with Crippen LogP contribution in [0.25, 0.3) is 0 Å². The van der Waals surface area contributed by atoms with Gasteiger partial charge in [0.25, 0.3) is 0 Å². The summed E-state index contributed by atoms with van der Waals surface area (Å²) in [6.07, 6.45) is 15.1. The van der Waals surface area contributed by atoms with Gasteiger partial charge in [0, 0.05) is 24.9 Å². The molecule has 1 N–H and O–H groups in total. The highest BCUT2D eigenvalue weighted by atomic mass is 16.1. The van der Waals surface area contributed by atoms with Crippen molar-refractivity contribution in [1.82, 2.24) is 0 Å². The Bertz CT molecular complexity index is 539. The van der Waals surface area contributed by atoms with Crippen molar-refractivity contribution in [2.45, 2.75) is 104 Å². The van der Waals surface area contributed by atoms with Gasteiger partial charge in [0.1, 0.15) is 5.78 Å². The number of carbonyl (C=O) groups excluding carboxylic acids is 2. The second-order valence-corrected chi connectivity index (χ2v) is 7.74. The minimum atomic E-state index is -0.00710.